The zero-order chi connectivity index (χ0) is 36.6. The topological polar surface area (TPSA) is 140 Å². The average molecular weight is 703 g/mol. The van der Waals surface area contributed by atoms with Gasteiger partial charge in [0, 0.05) is 40.8 Å². The Morgan fingerprint density at radius 3 is 2.40 bits per heavy atom. The smallest absolute Gasteiger partial charge is 0.411 e. The fraction of sp³-hybridized carbons (Fsp3) is 0.275. The van der Waals surface area contributed by atoms with Gasteiger partial charge >= 0.3 is 12.1 Å². The third kappa shape index (κ3) is 4.85. The molecule has 0 unspecified atom stereocenters. The number of nitrogens with zero attached hydrogens (tertiary/aromatic N) is 3. The third-order valence-electron chi connectivity index (χ3n) is 10.7. The lowest BCUT2D eigenvalue weighted by Gasteiger charge is -2.31. The number of aliphatic hydroxyl groups is 1. The molecule has 52 heavy (non-hydrogen) atoms. The van der Waals surface area contributed by atoms with E-state index in [1.54, 1.807) is 13.0 Å². The minimum Gasteiger partial charge on any atom is -0.458 e. The van der Waals surface area contributed by atoms with Gasteiger partial charge in [0.2, 0.25) is 5.91 Å². The van der Waals surface area contributed by atoms with Gasteiger partial charge < -0.3 is 24.5 Å². The number of halogens is 1. The average Bonchev–Trinajstić information content (AvgIpc) is 3.67. The maximum atomic E-state index is 15.7. The first-order valence-corrected chi connectivity index (χ1v) is 17.2. The van der Waals surface area contributed by atoms with Crippen LogP contribution in [0.3, 0.4) is 0 Å². The molecule has 0 radical (unpaired) electrons. The largest absolute Gasteiger partial charge is 0.458 e. The Hall–Kier alpha value is -5.88. The number of nitrogens with one attached hydrogen (secondary N) is 1. The van der Waals surface area contributed by atoms with Gasteiger partial charge in [-0.25, -0.2) is 19.0 Å². The van der Waals surface area contributed by atoms with Crippen LogP contribution in [-0.4, -0.2) is 50.6 Å². The summed E-state index contributed by atoms with van der Waals surface area (Å²) in [5.74, 6) is -2.18. The number of amides is 2. The van der Waals surface area contributed by atoms with Crippen molar-refractivity contribution in [3.63, 3.8) is 0 Å². The van der Waals surface area contributed by atoms with Gasteiger partial charge in [-0.3, -0.25) is 14.5 Å². The van der Waals surface area contributed by atoms with E-state index in [0.717, 1.165) is 33.4 Å². The molecule has 4 heterocycles. The standard InChI is InChI=1S/C40H35FN4O7/c1-5-21-26-15-32(43-36(46)20(3)44(4)39(49)52-35-24-13-9-7-11-22(24)23-12-8-10-14-25(23)35)30(41)17-31(26)42-34-27(21)18-45-33(34)16-29-28(37(45)47)19-51-38(48)40(29,50)6-2/h7-17,20,35,50H,5-6,18-19H2,1-4H3,(H,43,46)/t20-,40-/m0/s1. The van der Waals surface area contributed by atoms with Gasteiger partial charge in [-0.15, -0.1) is 0 Å². The highest BCUT2D eigenvalue weighted by atomic mass is 19.1. The molecule has 1 aliphatic carbocycles. The first kappa shape index (κ1) is 33.3. The number of ether oxygens (including phenoxy) is 2. The molecule has 0 bridgehead atoms. The Morgan fingerprint density at radius 1 is 1.08 bits per heavy atom. The molecule has 11 nitrogen and oxygen atoms in total. The molecule has 2 amide bonds. The molecule has 3 aromatic carbocycles. The van der Waals surface area contributed by atoms with Crippen LogP contribution in [0, 0.1) is 5.82 Å². The van der Waals surface area contributed by atoms with Gasteiger partial charge in [-0.1, -0.05) is 62.4 Å². The number of anilines is 1. The Kier molecular flexibility index (Phi) is 7.76. The molecule has 0 saturated heterocycles. The number of carbonyl (C=O) groups is 3. The summed E-state index contributed by atoms with van der Waals surface area (Å²) in [6.45, 7) is 5.03. The van der Waals surface area contributed by atoms with Crippen molar-refractivity contribution >= 4 is 34.6 Å². The second kappa shape index (κ2) is 12.1. The first-order chi connectivity index (χ1) is 25.0. The number of fused-ring (bicyclic) bond motifs is 8. The number of carbonyl (C=O) groups excluding carboxylic acids is 3. The maximum absolute atomic E-state index is 15.7. The number of aromatic nitrogens is 2. The van der Waals surface area contributed by atoms with Gasteiger partial charge in [-0.05, 0) is 48.6 Å². The number of benzene rings is 3. The fourth-order valence-electron chi connectivity index (χ4n) is 7.67. The van der Waals surface area contributed by atoms with Gasteiger partial charge in [0.15, 0.2) is 11.7 Å². The van der Waals surface area contributed by atoms with Crippen LogP contribution in [0.4, 0.5) is 14.9 Å². The Morgan fingerprint density at radius 2 is 1.75 bits per heavy atom. The minimum atomic E-state index is -1.97. The molecule has 5 aromatic rings. The zero-order valence-corrected chi connectivity index (χ0v) is 29.0. The van der Waals surface area contributed by atoms with Crippen molar-refractivity contribution in [3.05, 3.63) is 116 Å². The van der Waals surface area contributed by atoms with Gasteiger partial charge in [-0.2, -0.15) is 0 Å². The molecule has 8 rings (SSSR count). The molecule has 3 aliphatic rings. The SMILES string of the molecule is CCc1c2c(nc3cc(F)c(NC(=O)[C@H](C)N(C)C(=O)OC4c5ccccc5-c5ccccc54)cc13)-c1cc3c(c(=O)n1C2)COC(=O)[C@]3(O)CC. The molecule has 0 fully saturated rings. The highest BCUT2D eigenvalue weighted by Gasteiger charge is 2.45. The van der Waals surface area contributed by atoms with Crippen LogP contribution in [-0.2, 0) is 44.2 Å². The van der Waals surface area contributed by atoms with E-state index in [-0.39, 0.29) is 36.4 Å². The zero-order valence-electron chi connectivity index (χ0n) is 29.0. The van der Waals surface area contributed by atoms with Crippen molar-refractivity contribution in [1.29, 1.82) is 0 Å². The predicted octanol–water partition coefficient (Wildman–Crippen LogP) is 5.95. The maximum Gasteiger partial charge on any atom is 0.411 e. The van der Waals surface area contributed by atoms with E-state index < -0.39 is 47.1 Å². The number of hydrogen-bond donors (Lipinski definition) is 2. The fourth-order valence-corrected chi connectivity index (χ4v) is 7.67. The molecule has 0 saturated carbocycles. The second-order valence-electron chi connectivity index (χ2n) is 13.4. The van der Waals surface area contributed by atoms with Crippen molar-refractivity contribution < 1.29 is 33.4 Å². The van der Waals surface area contributed by atoms with Crippen molar-refractivity contribution in [1.82, 2.24) is 14.5 Å². The van der Waals surface area contributed by atoms with Crippen molar-refractivity contribution in [2.75, 3.05) is 12.4 Å². The van der Waals surface area contributed by atoms with Crippen molar-refractivity contribution in [2.45, 2.75) is 64.5 Å². The second-order valence-corrected chi connectivity index (χ2v) is 13.4. The number of hydrogen-bond acceptors (Lipinski definition) is 8. The lowest BCUT2D eigenvalue weighted by atomic mass is 9.86. The van der Waals surface area contributed by atoms with E-state index >= 15 is 4.39 Å². The summed E-state index contributed by atoms with van der Waals surface area (Å²) in [5, 5.41) is 14.4. The van der Waals surface area contributed by atoms with Gasteiger partial charge in [0.25, 0.3) is 5.56 Å². The van der Waals surface area contributed by atoms with Gasteiger partial charge in [0.05, 0.1) is 34.7 Å². The van der Waals surface area contributed by atoms with E-state index in [9.17, 15) is 24.3 Å². The number of esters is 1. The number of cyclic esters (lactones) is 1. The van der Waals surface area contributed by atoms with Crippen LogP contribution in [0.2, 0.25) is 0 Å². The summed E-state index contributed by atoms with van der Waals surface area (Å²) in [7, 11) is 1.46. The van der Waals surface area contributed by atoms with E-state index in [2.05, 4.69) is 5.32 Å². The number of pyridine rings is 2. The molecule has 2 aromatic heterocycles. The molecule has 0 spiro atoms. The molecule has 2 atom stereocenters. The Bertz CT molecular complexity index is 2400. The van der Waals surface area contributed by atoms with Gasteiger partial charge in [0.1, 0.15) is 18.5 Å². The lowest BCUT2D eigenvalue weighted by molar-refractivity contribution is -0.172. The molecule has 12 heteroatoms. The third-order valence-corrected chi connectivity index (χ3v) is 10.7. The van der Waals surface area contributed by atoms with E-state index in [1.165, 1.54) is 35.6 Å². The minimum absolute atomic E-state index is 0.0127. The van der Waals surface area contributed by atoms with Crippen LogP contribution >= 0.6 is 0 Å². The Balaban J connectivity index is 1.07. The van der Waals surface area contributed by atoms with E-state index in [1.807, 2.05) is 55.5 Å². The van der Waals surface area contributed by atoms with Crippen LogP contribution in [0.15, 0.2) is 71.5 Å². The van der Waals surface area contributed by atoms with E-state index in [4.69, 9.17) is 14.5 Å². The highest BCUT2D eigenvalue weighted by molar-refractivity contribution is 5.99. The summed E-state index contributed by atoms with van der Waals surface area (Å²) in [5.41, 5.74) is 4.35. The Labute approximate surface area is 297 Å². The van der Waals surface area contributed by atoms with Crippen molar-refractivity contribution in [3.8, 4) is 22.5 Å². The highest BCUT2D eigenvalue weighted by Crippen LogP contribution is 2.45. The molecule has 2 aliphatic heterocycles. The number of rotatable bonds is 6. The summed E-state index contributed by atoms with van der Waals surface area (Å²) >= 11 is 0. The molecule has 264 valence electrons. The van der Waals surface area contributed by atoms with E-state index in [0.29, 0.717) is 28.7 Å². The van der Waals surface area contributed by atoms with Crippen LogP contribution in [0.25, 0.3) is 33.4 Å². The number of aryl methyl sites for hydroxylation is 1. The van der Waals surface area contributed by atoms with Crippen LogP contribution < -0.4 is 10.9 Å². The normalized spacial score (nSPS) is 17.4. The monoisotopic (exact) mass is 702 g/mol. The summed E-state index contributed by atoms with van der Waals surface area (Å²) in [6, 6.07) is 18.7. The van der Waals surface area contributed by atoms with Crippen LogP contribution in [0.1, 0.15) is 66.7 Å². The summed E-state index contributed by atoms with van der Waals surface area (Å²) < 4.78 is 28.4. The predicted molar refractivity (Wildman–Crippen MR) is 190 cm³/mol. The summed E-state index contributed by atoms with van der Waals surface area (Å²) in [6.07, 6.45) is -0.838. The van der Waals surface area contributed by atoms with Crippen LogP contribution in [0.5, 0.6) is 0 Å². The molecular weight excluding hydrogens is 667 g/mol. The van der Waals surface area contributed by atoms with Crippen molar-refractivity contribution in [2.24, 2.45) is 0 Å². The molecular formula is C40H35FN4O7. The lowest BCUT2D eigenvalue weighted by Crippen LogP contribution is -2.44. The molecule has 2 N–H and O–H groups in total. The first-order valence-electron chi connectivity index (χ1n) is 17.2. The quantitative estimate of drug-likeness (QED) is 0.203. The summed E-state index contributed by atoms with van der Waals surface area (Å²) in [4.78, 5) is 59.1. The number of likely N-dealkylation sites (N-methyl/N-ethyl adjacent to an activating group) is 1.